The number of fused-ring (bicyclic) bond motifs is 1. The first-order valence-corrected chi connectivity index (χ1v) is 9.38. The number of imide groups is 1. The molecule has 1 saturated carbocycles. The molecule has 1 aromatic carbocycles. The van der Waals surface area contributed by atoms with Crippen molar-refractivity contribution in [2.24, 2.45) is 11.8 Å². The van der Waals surface area contributed by atoms with Crippen LogP contribution in [0.2, 0.25) is 0 Å². The van der Waals surface area contributed by atoms with Gasteiger partial charge in [-0.2, -0.15) is 0 Å². The van der Waals surface area contributed by atoms with Crippen molar-refractivity contribution in [3.05, 3.63) is 30.3 Å². The van der Waals surface area contributed by atoms with Crippen LogP contribution in [-0.2, 0) is 23.9 Å². The number of hydrogen-bond acceptors (Lipinski definition) is 5. The molecule has 2 aliphatic rings. The van der Waals surface area contributed by atoms with E-state index < -0.39 is 18.0 Å². The molecular weight excluding hydrogens is 348 g/mol. The van der Waals surface area contributed by atoms with Crippen molar-refractivity contribution < 1.29 is 23.9 Å². The lowest BCUT2D eigenvalue weighted by Crippen LogP contribution is -2.35. The number of likely N-dealkylation sites (tertiary alicyclic amines) is 1. The van der Waals surface area contributed by atoms with Crippen molar-refractivity contribution in [3.63, 3.8) is 0 Å². The van der Waals surface area contributed by atoms with Crippen molar-refractivity contribution in [1.29, 1.82) is 0 Å². The number of rotatable bonds is 6. The minimum atomic E-state index is -0.967. The van der Waals surface area contributed by atoms with Crippen LogP contribution in [0.15, 0.2) is 30.3 Å². The highest BCUT2D eigenvalue weighted by Crippen LogP contribution is 2.37. The number of amides is 3. The van der Waals surface area contributed by atoms with Gasteiger partial charge >= 0.3 is 5.97 Å². The molecule has 0 spiro atoms. The van der Waals surface area contributed by atoms with Crippen LogP contribution < -0.4 is 5.32 Å². The molecule has 3 rings (SSSR count). The zero-order valence-electron chi connectivity index (χ0n) is 15.3. The monoisotopic (exact) mass is 372 g/mol. The molecule has 0 unspecified atom stereocenters. The Morgan fingerprint density at radius 3 is 2.30 bits per heavy atom. The molecular formula is C20H24N2O5. The largest absolute Gasteiger partial charge is 0.452 e. The zero-order chi connectivity index (χ0) is 19.4. The van der Waals surface area contributed by atoms with E-state index in [0.29, 0.717) is 5.69 Å². The van der Waals surface area contributed by atoms with Crippen LogP contribution in [0, 0.1) is 11.8 Å². The lowest BCUT2D eigenvalue weighted by atomic mass is 9.81. The summed E-state index contributed by atoms with van der Waals surface area (Å²) >= 11 is 0. The highest BCUT2D eigenvalue weighted by molar-refractivity contribution is 6.05. The number of benzene rings is 1. The van der Waals surface area contributed by atoms with Gasteiger partial charge in [0.15, 0.2) is 6.10 Å². The normalized spacial score (nSPS) is 22.9. The number of carbonyl (C=O) groups excluding carboxylic acids is 4. The second-order valence-electron chi connectivity index (χ2n) is 7.06. The van der Waals surface area contributed by atoms with Crippen molar-refractivity contribution in [1.82, 2.24) is 4.90 Å². The van der Waals surface area contributed by atoms with E-state index >= 15 is 0 Å². The molecule has 27 heavy (non-hydrogen) atoms. The SMILES string of the molecule is C[C@@H](OC(=O)CCN1C(=O)[C@H]2CCCC[C@@H]2C1=O)C(=O)Nc1ccccc1. The number of carbonyl (C=O) groups is 4. The number of anilines is 1. The smallest absolute Gasteiger partial charge is 0.308 e. The van der Waals surface area contributed by atoms with Gasteiger partial charge in [0.05, 0.1) is 18.3 Å². The summed E-state index contributed by atoms with van der Waals surface area (Å²) in [6, 6.07) is 8.87. The van der Waals surface area contributed by atoms with E-state index in [1.54, 1.807) is 24.3 Å². The first kappa shape index (κ1) is 19.1. The second kappa shape index (κ2) is 8.33. The molecule has 0 aromatic heterocycles. The lowest BCUT2D eigenvalue weighted by Gasteiger charge is -2.19. The fraction of sp³-hybridized carbons (Fsp3) is 0.500. The fourth-order valence-corrected chi connectivity index (χ4v) is 3.73. The van der Waals surface area contributed by atoms with Crippen LogP contribution in [0.1, 0.15) is 39.0 Å². The Bertz CT molecular complexity index is 709. The number of nitrogens with zero attached hydrogens (tertiary/aromatic N) is 1. The van der Waals surface area contributed by atoms with Crippen LogP contribution in [0.5, 0.6) is 0 Å². The summed E-state index contributed by atoms with van der Waals surface area (Å²) < 4.78 is 5.13. The molecule has 1 aromatic rings. The predicted molar refractivity (Wildman–Crippen MR) is 97.4 cm³/mol. The molecule has 0 radical (unpaired) electrons. The molecule has 2 fully saturated rings. The summed E-state index contributed by atoms with van der Waals surface area (Å²) in [5.41, 5.74) is 0.612. The Morgan fingerprint density at radius 2 is 1.70 bits per heavy atom. The highest BCUT2D eigenvalue weighted by Gasteiger charge is 2.47. The van der Waals surface area contributed by atoms with E-state index in [2.05, 4.69) is 5.32 Å². The summed E-state index contributed by atoms with van der Waals surface area (Å²) in [5, 5.41) is 2.66. The van der Waals surface area contributed by atoms with Gasteiger partial charge in [-0.15, -0.1) is 0 Å². The Hall–Kier alpha value is -2.70. The summed E-state index contributed by atoms with van der Waals surface area (Å²) in [4.78, 5) is 50.1. The fourth-order valence-electron chi connectivity index (χ4n) is 3.73. The third-order valence-electron chi connectivity index (χ3n) is 5.19. The molecule has 1 aliphatic heterocycles. The molecule has 7 heteroatoms. The summed E-state index contributed by atoms with van der Waals surface area (Å²) in [6.45, 7) is 1.49. The quantitative estimate of drug-likeness (QED) is 0.610. The number of nitrogens with one attached hydrogen (secondary N) is 1. The van der Waals surface area contributed by atoms with Gasteiger partial charge in [-0.1, -0.05) is 31.0 Å². The molecule has 1 saturated heterocycles. The molecule has 1 N–H and O–H groups in total. The number of para-hydroxylation sites is 1. The van der Waals surface area contributed by atoms with Crippen molar-refractivity contribution in [2.45, 2.75) is 45.1 Å². The molecule has 1 heterocycles. The highest BCUT2D eigenvalue weighted by atomic mass is 16.5. The first-order chi connectivity index (χ1) is 13.0. The van der Waals surface area contributed by atoms with Crippen molar-refractivity contribution >= 4 is 29.4 Å². The third-order valence-corrected chi connectivity index (χ3v) is 5.19. The predicted octanol–water partition coefficient (Wildman–Crippen LogP) is 2.12. The van der Waals surface area contributed by atoms with E-state index in [9.17, 15) is 19.2 Å². The van der Waals surface area contributed by atoms with Gasteiger partial charge in [0, 0.05) is 12.2 Å². The van der Waals surface area contributed by atoms with Crippen molar-refractivity contribution in [2.75, 3.05) is 11.9 Å². The average molecular weight is 372 g/mol. The summed E-state index contributed by atoms with van der Waals surface area (Å²) in [5.74, 6) is -1.84. The van der Waals surface area contributed by atoms with Gasteiger partial charge in [-0.3, -0.25) is 24.1 Å². The van der Waals surface area contributed by atoms with Crippen LogP contribution in [0.25, 0.3) is 0 Å². The Labute approximate surface area is 158 Å². The zero-order valence-corrected chi connectivity index (χ0v) is 15.3. The maximum Gasteiger partial charge on any atom is 0.308 e. The van der Waals surface area contributed by atoms with E-state index in [4.69, 9.17) is 4.74 Å². The Kier molecular flexibility index (Phi) is 5.88. The third kappa shape index (κ3) is 4.35. The van der Waals surface area contributed by atoms with E-state index in [1.807, 2.05) is 6.07 Å². The van der Waals surface area contributed by atoms with Gasteiger partial charge in [-0.05, 0) is 31.9 Å². The van der Waals surface area contributed by atoms with E-state index in [-0.39, 0.29) is 36.6 Å². The molecule has 144 valence electrons. The molecule has 3 amide bonds. The minimum absolute atomic E-state index is 0.0104. The van der Waals surface area contributed by atoms with Crippen LogP contribution in [-0.4, -0.2) is 41.2 Å². The van der Waals surface area contributed by atoms with Gasteiger partial charge in [0.1, 0.15) is 0 Å². The number of hydrogen-bond donors (Lipinski definition) is 1. The number of ether oxygens (including phenoxy) is 1. The van der Waals surface area contributed by atoms with Crippen molar-refractivity contribution in [3.8, 4) is 0 Å². The Balaban J connectivity index is 1.47. The van der Waals surface area contributed by atoms with Gasteiger partial charge in [-0.25, -0.2) is 0 Å². The Morgan fingerprint density at radius 1 is 1.11 bits per heavy atom. The average Bonchev–Trinajstić information content (AvgIpc) is 2.91. The maximum absolute atomic E-state index is 12.4. The van der Waals surface area contributed by atoms with E-state index in [1.165, 1.54) is 11.8 Å². The molecule has 3 atom stereocenters. The lowest BCUT2D eigenvalue weighted by molar-refractivity contribution is -0.154. The standard InChI is InChI=1S/C20H24N2O5/c1-13(18(24)21-14-7-3-2-4-8-14)27-17(23)11-12-22-19(25)15-9-5-6-10-16(15)20(22)26/h2-4,7-8,13,15-16H,5-6,9-12H2,1H3,(H,21,24)/t13-,15+,16+/m1/s1. The van der Waals surface area contributed by atoms with Gasteiger partial charge in [0.2, 0.25) is 11.8 Å². The van der Waals surface area contributed by atoms with Gasteiger partial charge < -0.3 is 10.1 Å². The number of esters is 1. The van der Waals surface area contributed by atoms with E-state index in [0.717, 1.165) is 25.7 Å². The first-order valence-electron chi connectivity index (χ1n) is 9.38. The van der Waals surface area contributed by atoms with Gasteiger partial charge in [0.25, 0.3) is 5.91 Å². The summed E-state index contributed by atoms with van der Waals surface area (Å²) in [6.07, 6.45) is 2.33. The minimum Gasteiger partial charge on any atom is -0.452 e. The molecule has 7 nitrogen and oxygen atoms in total. The second-order valence-corrected chi connectivity index (χ2v) is 7.06. The van der Waals surface area contributed by atoms with Crippen LogP contribution >= 0.6 is 0 Å². The van der Waals surface area contributed by atoms with Crippen LogP contribution in [0.3, 0.4) is 0 Å². The molecule has 0 bridgehead atoms. The topological polar surface area (TPSA) is 92.8 Å². The molecule has 1 aliphatic carbocycles. The summed E-state index contributed by atoms with van der Waals surface area (Å²) in [7, 11) is 0. The maximum atomic E-state index is 12.4. The van der Waals surface area contributed by atoms with Crippen LogP contribution in [0.4, 0.5) is 5.69 Å².